The lowest BCUT2D eigenvalue weighted by molar-refractivity contribution is -0.870. The molecule has 0 saturated carbocycles. The quantitative estimate of drug-likeness (QED) is 0.0565. The normalized spacial score (nSPS) is 13.3. The van der Waals surface area contributed by atoms with Crippen LogP contribution in [0.5, 0.6) is 5.75 Å². The van der Waals surface area contributed by atoms with E-state index in [9.17, 15) is 9.69 Å². The highest BCUT2D eigenvalue weighted by Crippen LogP contribution is 2.33. The third-order valence-corrected chi connectivity index (χ3v) is 7.26. The molecule has 0 heterocycles. The zero-order chi connectivity index (χ0) is 28.8. The van der Waals surface area contributed by atoms with Gasteiger partial charge in [-0.05, 0) is 37.0 Å². The highest BCUT2D eigenvalue weighted by molar-refractivity contribution is 7.40. The van der Waals surface area contributed by atoms with Gasteiger partial charge in [0.1, 0.15) is 25.5 Å². The van der Waals surface area contributed by atoms with Crippen LogP contribution in [-0.2, 0) is 25.0 Å². The Labute approximate surface area is 240 Å². The number of likely N-dealkylation sites (N-methyl/N-ethyl adjacent to an activating group) is 1. The number of ether oxygens (including phenoxy) is 2. The first-order valence-corrected chi connectivity index (χ1v) is 16.3. The molecular weight excluding hydrogens is 513 g/mol. The summed E-state index contributed by atoms with van der Waals surface area (Å²) >= 11 is 0. The Morgan fingerprint density at radius 3 is 2.13 bits per heavy atom. The number of carbonyl (C=O) groups excluding carboxylic acids is 1. The van der Waals surface area contributed by atoms with Gasteiger partial charge in [0.25, 0.3) is 0 Å². The van der Waals surface area contributed by atoms with Gasteiger partial charge in [0, 0.05) is 6.42 Å². The molecule has 0 bridgehead atoms. The molecule has 7 nitrogen and oxygen atoms in total. The number of unbranched alkanes of at least 4 members (excludes halogenated alkanes) is 10. The maximum absolute atomic E-state index is 12.1. The molecule has 8 heteroatoms. The van der Waals surface area contributed by atoms with E-state index in [4.69, 9.17) is 18.5 Å². The van der Waals surface area contributed by atoms with Crippen LogP contribution in [0.1, 0.15) is 103 Å². The first kappa shape index (κ1) is 35.8. The number of hydrogen-bond donors (Lipinski definition) is 1. The number of rotatable bonds is 25. The number of benzene rings is 1. The number of aryl methyl sites for hydroxylation is 1. The predicted octanol–water partition coefficient (Wildman–Crippen LogP) is 7.59. The van der Waals surface area contributed by atoms with E-state index < -0.39 is 14.7 Å². The average Bonchev–Trinajstić information content (AvgIpc) is 2.88. The molecule has 2 unspecified atom stereocenters. The van der Waals surface area contributed by atoms with Crippen LogP contribution in [0.2, 0.25) is 0 Å². The number of hydrogen-bond acceptors (Lipinski definition) is 6. The Kier molecular flexibility index (Phi) is 20.6. The second-order valence-electron chi connectivity index (χ2n) is 11.5. The molecule has 0 aliphatic carbocycles. The summed E-state index contributed by atoms with van der Waals surface area (Å²) in [5.41, 5.74) is 1.25. The third kappa shape index (κ3) is 21.2. The van der Waals surface area contributed by atoms with Gasteiger partial charge in [0.15, 0.2) is 6.10 Å². The summed E-state index contributed by atoms with van der Waals surface area (Å²) < 4.78 is 23.1. The van der Waals surface area contributed by atoms with Gasteiger partial charge in [-0.3, -0.25) is 4.79 Å². The predicted molar refractivity (Wildman–Crippen MR) is 161 cm³/mol. The van der Waals surface area contributed by atoms with E-state index in [1.165, 1.54) is 76.2 Å². The van der Waals surface area contributed by atoms with E-state index in [0.29, 0.717) is 19.4 Å². The van der Waals surface area contributed by atoms with E-state index in [1.54, 1.807) is 0 Å². The van der Waals surface area contributed by atoms with Crippen molar-refractivity contribution in [3.05, 3.63) is 29.8 Å². The summed E-state index contributed by atoms with van der Waals surface area (Å²) in [4.78, 5) is 22.2. The molecule has 0 radical (unpaired) electrons. The van der Waals surface area contributed by atoms with Gasteiger partial charge in [-0.15, -0.1) is 0 Å². The Bertz CT molecular complexity index is 742. The number of quaternary nitrogens is 1. The van der Waals surface area contributed by atoms with Gasteiger partial charge in [-0.2, -0.15) is 0 Å². The molecule has 0 spiro atoms. The van der Waals surface area contributed by atoms with E-state index >= 15 is 0 Å². The molecule has 2 atom stereocenters. The van der Waals surface area contributed by atoms with Crippen molar-refractivity contribution in [2.45, 2.75) is 110 Å². The third-order valence-electron chi connectivity index (χ3n) is 6.49. The first-order valence-electron chi connectivity index (χ1n) is 15.2. The van der Waals surface area contributed by atoms with E-state index in [2.05, 4.69) is 40.2 Å². The van der Waals surface area contributed by atoms with Gasteiger partial charge < -0.3 is 27.9 Å². The van der Waals surface area contributed by atoms with Crippen molar-refractivity contribution >= 4 is 14.6 Å². The Balaban J connectivity index is 2.38. The molecule has 0 aliphatic heterocycles. The first-order chi connectivity index (χ1) is 18.7. The van der Waals surface area contributed by atoms with Gasteiger partial charge in [-0.25, -0.2) is 0 Å². The summed E-state index contributed by atoms with van der Waals surface area (Å²) in [5.74, 6) is 0.450. The van der Waals surface area contributed by atoms with Gasteiger partial charge in [-0.1, -0.05) is 90.2 Å². The van der Waals surface area contributed by atoms with E-state index in [1.807, 2.05) is 19.1 Å². The maximum atomic E-state index is 12.1. The summed E-state index contributed by atoms with van der Waals surface area (Å²) in [7, 11) is 4.12. The molecule has 226 valence electrons. The van der Waals surface area contributed by atoms with Crippen LogP contribution in [0.4, 0.5) is 0 Å². The Morgan fingerprint density at radius 1 is 0.872 bits per heavy atom. The minimum atomic E-state index is -2.04. The van der Waals surface area contributed by atoms with Gasteiger partial charge >= 0.3 is 14.6 Å². The lowest BCUT2D eigenvalue weighted by atomic mass is 10.0. The van der Waals surface area contributed by atoms with Crippen LogP contribution in [0.25, 0.3) is 0 Å². The molecular formula is C31H57NO6P+. The van der Waals surface area contributed by atoms with Crippen molar-refractivity contribution in [3.63, 3.8) is 0 Å². The summed E-state index contributed by atoms with van der Waals surface area (Å²) in [5, 5.41) is 0. The molecule has 0 fully saturated rings. The molecule has 0 saturated heterocycles. The van der Waals surface area contributed by atoms with Crippen LogP contribution >= 0.6 is 8.60 Å². The number of nitrogens with zero attached hydrogens (tertiary/aromatic N) is 1. The maximum Gasteiger partial charge on any atom is 0.330 e. The molecule has 0 amide bonds. The molecule has 1 aromatic rings. The summed E-state index contributed by atoms with van der Waals surface area (Å²) in [6.07, 6.45) is 16.2. The fourth-order valence-corrected chi connectivity index (χ4v) is 4.72. The molecule has 0 aromatic heterocycles. The zero-order valence-electron chi connectivity index (χ0n) is 25.5. The minimum absolute atomic E-state index is 0.0143. The van der Waals surface area contributed by atoms with Crippen molar-refractivity contribution < 1.29 is 32.7 Å². The van der Waals surface area contributed by atoms with Crippen LogP contribution in [0.3, 0.4) is 0 Å². The SMILES string of the molecule is CCCCCCCCCCCCCc1cccc(OCC(COP(O)OCC[N+](C)(C)C)OC(=O)CCC)c1. The summed E-state index contributed by atoms with van der Waals surface area (Å²) in [6, 6.07) is 8.13. The van der Waals surface area contributed by atoms with Crippen LogP contribution in [0, 0.1) is 0 Å². The standard InChI is InChI=1S/C31H57NO6P/c1-6-8-9-10-11-12-13-14-15-16-17-20-28-21-18-22-29(25-28)35-26-30(38-31(33)19-7-2)27-37-39(34)36-24-23-32(3,4)5/h18,21-22,25,30,34H,6-17,19-20,23-24,26-27H2,1-5H3/q+1. The molecule has 1 N–H and O–H groups in total. The van der Waals surface area contributed by atoms with Gasteiger partial charge in [0.05, 0.1) is 27.7 Å². The fourth-order valence-electron chi connectivity index (χ4n) is 4.12. The molecule has 1 rings (SSSR count). The summed E-state index contributed by atoms with van der Waals surface area (Å²) in [6.45, 7) is 5.49. The zero-order valence-corrected chi connectivity index (χ0v) is 26.4. The van der Waals surface area contributed by atoms with Gasteiger partial charge in [0.2, 0.25) is 0 Å². The second-order valence-corrected chi connectivity index (χ2v) is 12.5. The number of carbonyl (C=O) groups is 1. The van der Waals surface area contributed by atoms with E-state index in [-0.39, 0.29) is 19.2 Å². The van der Waals surface area contributed by atoms with Crippen molar-refractivity contribution in [1.29, 1.82) is 0 Å². The molecule has 39 heavy (non-hydrogen) atoms. The molecule has 1 aromatic carbocycles. The highest BCUT2D eigenvalue weighted by Gasteiger charge is 2.19. The Morgan fingerprint density at radius 2 is 1.51 bits per heavy atom. The lowest BCUT2D eigenvalue weighted by Crippen LogP contribution is -2.37. The average molecular weight is 571 g/mol. The molecule has 0 aliphatic rings. The largest absolute Gasteiger partial charge is 0.490 e. The Hall–Kier alpha value is -1.24. The van der Waals surface area contributed by atoms with E-state index in [0.717, 1.165) is 23.2 Å². The van der Waals surface area contributed by atoms with Crippen LogP contribution in [0.15, 0.2) is 24.3 Å². The van der Waals surface area contributed by atoms with Crippen LogP contribution < -0.4 is 4.74 Å². The topological polar surface area (TPSA) is 74.2 Å². The highest BCUT2D eigenvalue weighted by atomic mass is 31.2. The fraction of sp³-hybridized carbons (Fsp3) is 0.774. The second kappa shape index (κ2) is 22.4. The van der Waals surface area contributed by atoms with Crippen molar-refractivity contribution in [2.24, 2.45) is 0 Å². The monoisotopic (exact) mass is 570 g/mol. The lowest BCUT2D eigenvalue weighted by Gasteiger charge is -2.24. The number of esters is 1. The smallest absolute Gasteiger partial charge is 0.330 e. The van der Waals surface area contributed by atoms with Crippen molar-refractivity contribution in [2.75, 3.05) is 47.5 Å². The minimum Gasteiger partial charge on any atom is -0.490 e. The van der Waals surface area contributed by atoms with Crippen molar-refractivity contribution in [3.8, 4) is 5.75 Å². The van der Waals surface area contributed by atoms with Crippen LogP contribution in [-0.4, -0.2) is 69.0 Å². The van der Waals surface area contributed by atoms with Crippen molar-refractivity contribution in [1.82, 2.24) is 0 Å².